The Labute approximate surface area is 138 Å². The number of nitrogens with zero attached hydrogens (tertiary/aromatic N) is 2. The lowest BCUT2D eigenvalue weighted by Gasteiger charge is -2.48. The second-order valence-corrected chi connectivity index (χ2v) is 7.24. The number of likely N-dealkylation sites (tertiary alicyclic amines) is 1. The summed E-state index contributed by atoms with van der Waals surface area (Å²) >= 11 is 1.68. The molecular weight excluding hydrogens is 294 g/mol. The van der Waals surface area contributed by atoms with Gasteiger partial charge in [0.15, 0.2) is 0 Å². The van der Waals surface area contributed by atoms with Crippen LogP contribution in [-0.4, -0.2) is 53.3 Å². The van der Waals surface area contributed by atoms with Crippen molar-refractivity contribution in [1.29, 1.82) is 0 Å². The van der Waals surface area contributed by atoms with Gasteiger partial charge in [-0.25, -0.2) is 4.79 Å². The van der Waals surface area contributed by atoms with Gasteiger partial charge in [-0.3, -0.25) is 4.90 Å². The Morgan fingerprint density at radius 2 is 1.91 bits per heavy atom. The number of anilines is 1. The fourth-order valence-electron chi connectivity index (χ4n) is 3.15. The molecule has 1 aliphatic rings. The molecule has 0 saturated carbocycles. The second kappa shape index (κ2) is 7.38. The summed E-state index contributed by atoms with van der Waals surface area (Å²) in [5.41, 5.74) is 0.866. The Hall–Kier alpha value is -1.20. The van der Waals surface area contributed by atoms with Gasteiger partial charge in [-0.15, -0.1) is 11.8 Å². The van der Waals surface area contributed by atoms with E-state index < -0.39 is 0 Å². The van der Waals surface area contributed by atoms with Gasteiger partial charge in [0.25, 0.3) is 0 Å². The number of benzene rings is 1. The van der Waals surface area contributed by atoms with E-state index >= 15 is 0 Å². The summed E-state index contributed by atoms with van der Waals surface area (Å²) in [6, 6.07) is 9.45. The van der Waals surface area contributed by atoms with E-state index in [-0.39, 0.29) is 6.03 Å². The molecule has 2 rings (SSSR count). The third-order valence-electron chi connectivity index (χ3n) is 4.08. The molecule has 1 heterocycles. The molecule has 0 atom stereocenters. The highest BCUT2D eigenvalue weighted by Crippen LogP contribution is 2.23. The molecule has 1 aromatic carbocycles. The number of rotatable bonds is 5. The SMILES string of the molecule is CSc1cccc(NC(=O)N2CC(N(C(C)C)C(C)C)C2)c1. The van der Waals surface area contributed by atoms with Crippen LogP contribution in [0.4, 0.5) is 10.5 Å². The highest BCUT2D eigenvalue weighted by molar-refractivity contribution is 7.98. The number of urea groups is 1. The summed E-state index contributed by atoms with van der Waals surface area (Å²) in [7, 11) is 0. The molecule has 1 N–H and O–H groups in total. The van der Waals surface area contributed by atoms with Crippen molar-refractivity contribution in [3.05, 3.63) is 24.3 Å². The van der Waals surface area contributed by atoms with Crippen molar-refractivity contribution in [2.75, 3.05) is 24.7 Å². The van der Waals surface area contributed by atoms with Gasteiger partial charge in [-0.05, 0) is 52.1 Å². The van der Waals surface area contributed by atoms with E-state index in [1.54, 1.807) is 11.8 Å². The van der Waals surface area contributed by atoms with E-state index in [4.69, 9.17) is 0 Å². The van der Waals surface area contributed by atoms with Crippen molar-refractivity contribution in [1.82, 2.24) is 9.80 Å². The lowest BCUT2D eigenvalue weighted by atomic mass is 10.0. The molecule has 22 heavy (non-hydrogen) atoms. The van der Waals surface area contributed by atoms with E-state index in [9.17, 15) is 4.79 Å². The van der Waals surface area contributed by atoms with Gasteiger partial charge < -0.3 is 10.2 Å². The normalized spacial score (nSPS) is 15.5. The van der Waals surface area contributed by atoms with E-state index in [0.29, 0.717) is 18.1 Å². The minimum atomic E-state index is 0.00182. The van der Waals surface area contributed by atoms with Gasteiger partial charge in [-0.1, -0.05) is 6.07 Å². The summed E-state index contributed by atoms with van der Waals surface area (Å²) in [4.78, 5) is 17.8. The van der Waals surface area contributed by atoms with Crippen molar-refractivity contribution < 1.29 is 4.79 Å². The maximum absolute atomic E-state index is 12.3. The van der Waals surface area contributed by atoms with E-state index in [0.717, 1.165) is 23.7 Å². The average Bonchev–Trinajstić information content (AvgIpc) is 2.41. The van der Waals surface area contributed by atoms with Crippen LogP contribution in [0.1, 0.15) is 27.7 Å². The topological polar surface area (TPSA) is 35.6 Å². The van der Waals surface area contributed by atoms with Crippen LogP contribution in [0.25, 0.3) is 0 Å². The standard InChI is InChI=1S/C17H27N3OS/c1-12(2)20(13(3)4)15-10-19(11-15)17(21)18-14-7-6-8-16(9-14)22-5/h6-9,12-13,15H,10-11H2,1-5H3,(H,18,21). The van der Waals surface area contributed by atoms with Crippen molar-refractivity contribution >= 4 is 23.5 Å². The summed E-state index contributed by atoms with van der Waals surface area (Å²) in [5, 5.41) is 2.99. The number of amides is 2. The number of hydrogen-bond donors (Lipinski definition) is 1. The molecule has 1 aliphatic heterocycles. The van der Waals surface area contributed by atoms with Gasteiger partial charge in [0, 0.05) is 41.8 Å². The highest BCUT2D eigenvalue weighted by atomic mass is 32.2. The molecule has 122 valence electrons. The zero-order valence-corrected chi connectivity index (χ0v) is 15.0. The van der Waals surface area contributed by atoms with Crippen LogP contribution < -0.4 is 5.32 Å². The Morgan fingerprint density at radius 3 is 2.45 bits per heavy atom. The first-order valence-corrected chi connectivity index (χ1v) is 9.12. The van der Waals surface area contributed by atoms with Crippen LogP contribution in [0.3, 0.4) is 0 Å². The van der Waals surface area contributed by atoms with Crippen molar-refractivity contribution in [3.8, 4) is 0 Å². The minimum Gasteiger partial charge on any atom is -0.321 e. The number of carbonyl (C=O) groups excluding carboxylic acids is 1. The first-order valence-electron chi connectivity index (χ1n) is 7.89. The lowest BCUT2D eigenvalue weighted by Crippen LogP contribution is -2.64. The summed E-state index contributed by atoms with van der Waals surface area (Å²) in [5.74, 6) is 0. The fourth-order valence-corrected chi connectivity index (χ4v) is 3.61. The fraction of sp³-hybridized carbons (Fsp3) is 0.588. The predicted molar refractivity (Wildman–Crippen MR) is 94.7 cm³/mol. The molecule has 0 bridgehead atoms. The molecule has 0 unspecified atom stereocenters. The first-order chi connectivity index (χ1) is 10.4. The third-order valence-corrected chi connectivity index (χ3v) is 4.81. The smallest absolute Gasteiger partial charge is 0.321 e. The molecule has 1 saturated heterocycles. The zero-order valence-electron chi connectivity index (χ0n) is 14.2. The maximum Gasteiger partial charge on any atom is 0.321 e. The molecule has 5 heteroatoms. The first kappa shape index (κ1) is 17.2. The van der Waals surface area contributed by atoms with Gasteiger partial charge in [-0.2, -0.15) is 0 Å². The van der Waals surface area contributed by atoms with Gasteiger partial charge in [0.05, 0.1) is 0 Å². The molecule has 0 aromatic heterocycles. The van der Waals surface area contributed by atoms with Crippen LogP contribution in [0.2, 0.25) is 0 Å². The van der Waals surface area contributed by atoms with Crippen LogP contribution in [-0.2, 0) is 0 Å². The Kier molecular flexibility index (Phi) is 5.75. The van der Waals surface area contributed by atoms with Gasteiger partial charge in [0.1, 0.15) is 0 Å². The minimum absolute atomic E-state index is 0.00182. The van der Waals surface area contributed by atoms with Crippen LogP contribution in [0.15, 0.2) is 29.2 Å². The molecule has 0 radical (unpaired) electrons. The molecule has 0 spiro atoms. The largest absolute Gasteiger partial charge is 0.321 e. The second-order valence-electron chi connectivity index (χ2n) is 6.36. The van der Waals surface area contributed by atoms with E-state index in [1.807, 2.05) is 35.4 Å². The maximum atomic E-state index is 12.3. The molecular formula is C17H27N3OS. The van der Waals surface area contributed by atoms with Crippen molar-refractivity contribution in [3.63, 3.8) is 0 Å². The quantitative estimate of drug-likeness (QED) is 0.839. The summed E-state index contributed by atoms with van der Waals surface area (Å²) in [6.07, 6.45) is 2.04. The van der Waals surface area contributed by atoms with Crippen LogP contribution in [0.5, 0.6) is 0 Å². The highest BCUT2D eigenvalue weighted by Gasteiger charge is 2.36. The van der Waals surface area contributed by atoms with Crippen molar-refractivity contribution in [2.24, 2.45) is 0 Å². The van der Waals surface area contributed by atoms with Crippen molar-refractivity contribution in [2.45, 2.75) is 50.7 Å². The molecule has 2 amide bonds. The monoisotopic (exact) mass is 321 g/mol. The number of nitrogens with one attached hydrogen (secondary N) is 1. The Bertz CT molecular complexity index is 504. The third kappa shape index (κ3) is 3.96. The predicted octanol–water partition coefficient (Wildman–Crippen LogP) is 3.74. The summed E-state index contributed by atoms with van der Waals surface area (Å²) in [6.45, 7) is 10.5. The molecule has 4 nitrogen and oxygen atoms in total. The molecule has 1 aromatic rings. The van der Waals surface area contributed by atoms with E-state index in [2.05, 4.69) is 37.9 Å². The summed E-state index contributed by atoms with van der Waals surface area (Å²) < 4.78 is 0. The Morgan fingerprint density at radius 1 is 1.27 bits per heavy atom. The van der Waals surface area contributed by atoms with E-state index in [1.165, 1.54) is 0 Å². The van der Waals surface area contributed by atoms with Crippen LogP contribution >= 0.6 is 11.8 Å². The Balaban J connectivity index is 1.88. The number of carbonyl (C=O) groups is 1. The molecule has 1 fully saturated rings. The van der Waals surface area contributed by atoms with Gasteiger partial charge in [0.2, 0.25) is 0 Å². The average molecular weight is 321 g/mol. The number of hydrogen-bond acceptors (Lipinski definition) is 3. The number of thioether (sulfide) groups is 1. The zero-order chi connectivity index (χ0) is 16.3. The van der Waals surface area contributed by atoms with Gasteiger partial charge >= 0.3 is 6.03 Å². The lowest BCUT2D eigenvalue weighted by molar-refractivity contribution is 0.0202. The molecule has 0 aliphatic carbocycles. The van der Waals surface area contributed by atoms with Crippen LogP contribution in [0, 0.1) is 0 Å².